The van der Waals surface area contributed by atoms with Gasteiger partial charge in [-0.2, -0.15) is 0 Å². The van der Waals surface area contributed by atoms with Gasteiger partial charge in [-0.1, -0.05) is 0 Å². The van der Waals surface area contributed by atoms with Crippen LogP contribution in [-0.2, 0) is 4.79 Å². The van der Waals surface area contributed by atoms with Gasteiger partial charge in [-0.05, 0) is 56.3 Å². The van der Waals surface area contributed by atoms with E-state index in [0.29, 0.717) is 22.3 Å². The molecule has 2 N–H and O–H groups in total. The van der Waals surface area contributed by atoms with Crippen molar-refractivity contribution >= 4 is 28.3 Å². The molecule has 3 aromatic rings. The van der Waals surface area contributed by atoms with E-state index < -0.39 is 17.5 Å². The zero-order valence-electron chi connectivity index (χ0n) is 13.8. The Bertz CT molecular complexity index is 929. The number of benzene rings is 2. The number of Topliss-reactive ketones (excluding diaryl/α,β-unsaturated/α-hetero) is 1. The van der Waals surface area contributed by atoms with Crippen LogP contribution < -0.4 is 10.1 Å². The number of fused-ring (bicyclic) bond motifs is 1. The quantitative estimate of drug-likeness (QED) is 0.546. The molecule has 0 saturated carbocycles. The van der Waals surface area contributed by atoms with Crippen molar-refractivity contribution in [2.75, 3.05) is 5.32 Å². The lowest BCUT2D eigenvalue weighted by atomic mass is 10.1. The van der Waals surface area contributed by atoms with Crippen molar-refractivity contribution in [1.29, 1.82) is 0 Å². The molecule has 1 heterocycles. The molecule has 0 aliphatic heterocycles. The molecule has 5 nitrogen and oxygen atoms in total. The van der Waals surface area contributed by atoms with Crippen LogP contribution in [0.3, 0.4) is 0 Å². The second-order valence-corrected chi connectivity index (χ2v) is 5.87. The lowest BCUT2D eigenvalue weighted by molar-refractivity contribution is -0.112. The SMILES string of the molecule is CC(C)Oc1ccc(NC(=O)C(=O)c2c[nH]c3cc(F)ccc23)cc1. The number of halogens is 1. The van der Waals surface area contributed by atoms with Crippen LogP contribution >= 0.6 is 0 Å². The van der Waals surface area contributed by atoms with E-state index in [1.54, 1.807) is 24.3 Å². The largest absolute Gasteiger partial charge is 0.491 e. The number of hydrogen-bond acceptors (Lipinski definition) is 3. The first kappa shape index (κ1) is 16.7. The summed E-state index contributed by atoms with van der Waals surface area (Å²) in [4.78, 5) is 27.4. The molecule has 1 aromatic heterocycles. The summed E-state index contributed by atoms with van der Waals surface area (Å²) < 4.78 is 18.7. The molecule has 0 saturated heterocycles. The van der Waals surface area contributed by atoms with E-state index in [-0.39, 0.29) is 11.7 Å². The molecule has 6 heteroatoms. The van der Waals surface area contributed by atoms with Crippen molar-refractivity contribution in [3.05, 3.63) is 60.0 Å². The molecule has 2 aromatic carbocycles. The van der Waals surface area contributed by atoms with Gasteiger partial charge in [-0.3, -0.25) is 9.59 Å². The number of aromatic amines is 1. The minimum Gasteiger partial charge on any atom is -0.491 e. The highest BCUT2D eigenvalue weighted by molar-refractivity contribution is 6.48. The predicted octanol–water partition coefficient (Wildman–Crippen LogP) is 3.92. The maximum Gasteiger partial charge on any atom is 0.296 e. The summed E-state index contributed by atoms with van der Waals surface area (Å²) in [5.74, 6) is -1.19. The van der Waals surface area contributed by atoms with Crippen LogP contribution in [0, 0.1) is 5.82 Å². The average Bonchev–Trinajstić information content (AvgIpc) is 2.98. The number of H-pyrrole nitrogens is 1. The summed E-state index contributed by atoms with van der Waals surface area (Å²) in [5.41, 5.74) is 1.15. The van der Waals surface area contributed by atoms with Crippen molar-refractivity contribution in [1.82, 2.24) is 4.98 Å². The summed E-state index contributed by atoms with van der Waals surface area (Å²) >= 11 is 0. The third-order valence-electron chi connectivity index (χ3n) is 3.58. The fourth-order valence-corrected chi connectivity index (χ4v) is 2.49. The lowest BCUT2D eigenvalue weighted by Crippen LogP contribution is -2.22. The van der Waals surface area contributed by atoms with Gasteiger partial charge < -0.3 is 15.0 Å². The van der Waals surface area contributed by atoms with E-state index in [1.807, 2.05) is 13.8 Å². The summed E-state index contributed by atoms with van der Waals surface area (Å²) in [5, 5.41) is 3.06. The third-order valence-corrected chi connectivity index (χ3v) is 3.58. The van der Waals surface area contributed by atoms with Crippen LogP contribution in [0.4, 0.5) is 10.1 Å². The molecule has 128 valence electrons. The van der Waals surface area contributed by atoms with Crippen molar-refractivity contribution in [2.24, 2.45) is 0 Å². The molecular weight excluding hydrogens is 323 g/mol. The smallest absolute Gasteiger partial charge is 0.296 e. The maximum atomic E-state index is 13.2. The molecule has 0 aliphatic carbocycles. The first-order valence-corrected chi connectivity index (χ1v) is 7.83. The standard InChI is InChI=1S/C19H17FN2O3/c1-11(2)25-14-6-4-13(5-7-14)22-19(24)18(23)16-10-21-17-9-12(20)3-8-15(16)17/h3-11,21H,1-2H3,(H,22,24). The molecule has 0 spiro atoms. The number of nitrogens with one attached hydrogen (secondary N) is 2. The Hall–Kier alpha value is -3.15. The topological polar surface area (TPSA) is 71.2 Å². The lowest BCUT2D eigenvalue weighted by Gasteiger charge is -2.10. The van der Waals surface area contributed by atoms with Gasteiger partial charge in [0.05, 0.1) is 11.7 Å². The monoisotopic (exact) mass is 340 g/mol. The average molecular weight is 340 g/mol. The number of rotatable bonds is 5. The number of anilines is 1. The zero-order chi connectivity index (χ0) is 18.0. The van der Waals surface area contributed by atoms with Crippen LogP contribution in [0.15, 0.2) is 48.7 Å². The van der Waals surface area contributed by atoms with Crippen LogP contribution in [0.2, 0.25) is 0 Å². The first-order valence-electron chi connectivity index (χ1n) is 7.83. The van der Waals surface area contributed by atoms with Gasteiger partial charge in [0, 0.05) is 22.8 Å². The Morgan fingerprint density at radius 1 is 1.12 bits per heavy atom. The normalized spacial score (nSPS) is 10.9. The molecule has 3 rings (SSSR count). The van der Waals surface area contributed by atoms with Gasteiger partial charge in [0.2, 0.25) is 0 Å². The van der Waals surface area contributed by atoms with Gasteiger partial charge >= 0.3 is 0 Å². The zero-order valence-corrected chi connectivity index (χ0v) is 13.8. The summed E-state index contributed by atoms with van der Waals surface area (Å²) in [7, 11) is 0. The van der Waals surface area contributed by atoms with Gasteiger partial charge in [0.15, 0.2) is 0 Å². The third kappa shape index (κ3) is 3.68. The molecule has 1 amide bonds. The number of ketones is 1. The van der Waals surface area contributed by atoms with Crippen LogP contribution in [0.5, 0.6) is 5.75 Å². The summed E-state index contributed by atoms with van der Waals surface area (Å²) in [6, 6.07) is 10.7. The summed E-state index contributed by atoms with van der Waals surface area (Å²) in [6.07, 6.45) is 1.46. The molecule has 0 bridgehead atoms. The molecular formula is C19H17FN2O3. The number of amides is 1. The van der Waals surface area contributed by atoms with E-state index in [9.17, 15) is 14.0 Å². The minimum atomic E-state index is -0.761. The van der Waals surface area contributed by atoms with Crippen molar-refractivity contribution in [3.63, 3.8) is 0 Å². The number of ether oxygens (including phenoxy) is 1. The Morgan fingerprint density at radius 2 is 1.84 bits per heavy atom. The Kier molecular flexibility index (Phi) is 4.52. The van der Waals surface area contributed by atoms with Crippen LogP contribution in [-0.4, -0.2) is 22.8 Å². The second kappa shape index (κ2) is 6.76. The highest BCUT2D eigenvalue weighted by Crippen LogP contribution is 2.21. The Morgan fingerprint density at radius 3 is 2.52 bits per heavy atom. The first-order chi connectivity index (χ1) is 11.9. The van der Waals surface area contributed by atoms with Crippen molar-refractivity contribution in [3.8, 4) is 5.75 Å². The Labute approximate surface area is 143 Å². The highest BCUT2D eigenvalue weighted by atomic mass is 19.1. The van der Waals surface area contributed by atoms with Crippen LogP contribution in [0.25, 0.3) is 10.9 Å². The van der Waals surface area contributed by atoms with E-state index in [4.69, 9.17) is 4.74 Å². The highest BCUT2D eigenvalue weighted by Gasteiger charge is 2.20. The van der Waals surface area contributed by atoms with Gasteiger partial charge in [0.1, 0.15) is 11.6 Å². The number of aromatic nitrogens is 1. The fraction of sp³-hybridized carbons (Fsp3) is 0.158. The van der Waals surface area contributed by atoms with Crippen molar-refractivity contribution < 1.29 is 18.7 Å². The predicted molar refractivity (Wildman–Crippen MR) is 93.4 cm³/mol. The van der Waals surface area contributed by atoms with Crippen molar-refractivity contribution in [2.45, 2.75) is 20.0 Å². The fourth-order valence-electron chi connectivity index (χ4n) is 2.49. The van der Waals surface area contributed by atoms with Crippen LogP contribution in [0.1, 0.15) is 24.2 Å². The Balaban J connectivity index is 1.75. The number of carbonyl (C=O) groups is 2. The molecule has 0 radical (unpaired) electrons. The molecule has 25 heavy (non-hydrogen) atoms. The molecule has 0 unspecified atom stereocenters. The van der Waals surface area contributed by atoms with E-state index in [2.05, 4.69) is 10.3 Å². The molecule has 0 atom stereocenters. The van der Waals surface area contributed by atoms with Gasteiger partial charge in [-0.25, -0.2) is 4.39 Å². The van der Waals surface area contributed by atoms with E-state index in [1.165, 1.54) is 24.4 Å². The minimum absolute atomic E-state index is 0.0497. The number of carbonyl (C=O) groups excluding carboxylic acids is 2. The molecule has 0 fully saturated rings. The van der Waals surface area contributed by atoms with E-state index in [0.717, 1.165) is 0 Å². The van der Waals surface area contributed by atoms with Gasteiger partial charge in [-0.15, -0.1) is 0 Å². The molecule has 0 aliphatic rings. The van der Waals surface area contributed by atoms with Gasteiger partial charge in [0.25, 0.3) is 11.7 Å². The maximum absolute atomic E-state index is 13.2. The number of hydrogen-bond donors (Lipinski definition) is 2. The second-order valence-electron chi connectivity index (χ2n) is 5.87. The van der Waals surface area contributed by atoms with E-state index >= 15 is 0 Å². The summed E-state index contributed by atoms with van der Waals surface area (Å²) in [6.45, 7) is 3.84.